The lowest BCUT2D eigenvalue weighted by molar-refractivity contribution is -0.123. The summed E-state index contributed by atoms with van der Waals surface area (Å²) < 4.78 is -0.343. The van der Waals surface area contributed by atoms with Crippen LogP contribution >= 0.6 is 11.8 Å². The predicted octanol–water partition coefficient (Wildman–Crippen LogP) is 2.51. The molecule has 1 aliphatic rings. The van der Waals surface area contributed by atoms with Crippen LogP contribution in [0.2, 0.25) is 0 Å². The van der Waals surface area contributed by atoms with E-state index < -0.39 is 0 Å². The molecule has 1 fully saturated rings. The van der Waals surface area contributed by atoms with E-state index in [4.69, 9.17) is 5.11 Å². The van der Waals surface area contributed by atoms with Crippen molar-refractivity contribution in [3.63, 3.8) is 0 Å². The zero-order valence-corrected chi connectivity index (χ0v) is 12.1. The minimum atomic E-state index is -0.343. The number of aliphatic hydroxyl groups excluding tert-OH is 1. The van der Waals surface area contributed by atoms with Crippen molar-refractivity contribution in [1.29, 1.82) is 0 Å². The molecule has 2 rings (SSSR count). The molecule has 0 aliphatic heterocycles. The molecule has 1 aliphatic carbocycles. The van der Waals surface area contributed by atoms with Crippen molar-refractivity contribution in [1.82, 2.24) is 5.32 Å². The van der Waals surface area contributed by atoms with E-state index in [1.165, 1.54) is 5.56 Å². The standard InChI is InChI=1S/C15H21NO2S/c1-12-4-6-13(7-5-12)19-15(8-2-3-9-15)14(18)16-10-11-17/h4-7,17H,2-3,8-11H2,1H3,(H,16,18). The Kier molecular flexibility index (Phi) is 4.88. The van der Waals surface area contributed by atoms with Crippen molar-refractivity contribution in [2.75, 3.05) is 13.2 Å². The molecule has 3 nitrogen and oxygen atoms in total. The Labute approximate surface area is 118 Å². The lowest BCUT2D eigenvalue weighted by atomic mass is 10.1. The largest absolute Gasteiger partial charge is 0.395 e. The Bertz CT molecular complexity index is 424. The summed E-state index contributed by atoms with van der Waals surface area (Å²) in [5.74, 6) is 0.0737. The summed E-state index contributed by atoms with van der Waals surface area (Å²) >= 11 is 1.67. The number of nitrogens with one attached hydrogen (secondary N) is 1. The smallest absolute Gasteiger partial charge is 0.236 e. The van der Waals surface area contributed by atoms with E-state index in [0.717, 1.165) is 30.6 Å². The number of thioether (sulfide) groups is 1. The van der Waals surface area contributed by atoms with Gasteiger partial charge in [-0.15, -0.1) is 11.8 Å². The monoisotopic (exact) mass is 279 g/mol. The highest BCUT2D eigenvalue weighted by Crippen LogP contribution is 2.45. The molecular formula is C15H21NO2S. The van der Waals surface area contributed by atoms with Crippen molar-refractivity contribution >= 4 is 17.7 Å². The Morgan fingerprint density at radius 3 is 2.53 bits per heavy atom. The number of hydrogen-bond acceptors (Lipinski definition) is 3. The fraction of sp³-hybridized carbons (Fsp3) is 0.533. The number of aryl methyl sites for hydroxylation is 1. The Balaban J connectivity index is 2.10. The third kappa shape index (κ3) is 3.51. The SMILES string of the molecule is Cc1ccc(SC2(C(=O)NCCO)CCCC2)cc1. The molecule has 4 heteroatoms. The second-order valence-corrected chi connectivity index (χ2v) is 6.55. The highest BCUT2D eigenvalue weighted by molar-refractivity contribution is 8.01. The van der Waals surface area contributed by atoms with Gasteiger partial charge in [-0.1, -0.05) is 30.5 Å². The van der Waals surface area contributed by atoms with Crippen molar-refractivity contribution < 1.29 is 9.90 Å². The van der Waals surface area contributed by atoms with Gasteiger partial charge in [-0.3, -0.25) is 4.79 Å². The van der Waals surface area contributed by atoms with Gasteiger partial charge < -0.3 is 10.4 Å². The van der Waals surface area contributed by atoms with Crippen LogP contribution in [0.5, 0.6) is 0 Å². The topological polar surface area (TPSA) is 49.3 Å². The molecule has 0 atom stereocenters. The zero-order chi connectivity index (χ0) is 13.7. The lowest BCUT2D eigenvalue weighted by Gasteiger charge is -2.27. The maximum absolute atomic E-state index is 12.4. The normalized spacial score (nSPS) is 17.4. The van der Waals surface area contributed by atoms with Crippen LogP contribution in [0.15, 0.2) is 29.2 Å². The highest BCUT2D eigenvalue weighted by Gasteiger charge is 2.41. The minimum Gasteiger partial charge on any atom is -0.395 e. The fourth-order valence-corrected chi connectivity index (χ4v) is 3.87. The Hall–Kier alpha value is -1.00. The molecule has 1 aromatic rings. The fourth-order valence-electron chi connectivity index (χ4n) is 2.48. The second kappa shape index (κ2) is 6.44. The number of benzene rings is 1. The first-order valence-electron chi connectivity index (χ1n) is 6.81. The lowest BCUT2D eigenvalue weighted by Crippen LogP contribution is -2.43. The molecule has 0 spiro atoms. The minimum absolute atomic E-state index is 0.00296. The van der Waals surface area contributed by atoms with Gasteiger partial charge in [-0.05, 0) is 31.9 Å². The third-order valence-corrected chi connectivity index (χ3v) is 5.05. The number of carbonyl (C=O) groups is 1. The summed E-state index contributed by atoms with van der Waals surface area (Å²) in [4.78, 5) is 13.5. The summed E-state index contributed by atoms with van der Waals surface area (Å²) in [6.07, 6.45) is 4.04. The van der Waals surface area contributed by atoms with Crippen LogP contribution in [0, 0.1) is 6.92 Å². The quantitative estimate of drug-likeness (QED) is 0.870. The summed E-state index contributed by atoms with van der Waals surface area (Å²) in [6.45, 7) is 2.40. The maximum atomic E-state index is 12.4. The molecule has 0 heterocycles. The number of amides is 1. The maximum Gasteiger partial charge on any atom is 0.236 e. The van der Waals surface area contributed by atoms with Gasteiger partial charge in [0.25, 0.3) is 0 Å². The van der Waals surface area contributed by atoms with E-state index in [1.54, 1.807) is 11.8 Å². The Morgan fingerprint density at radius 1 is 1.32 bits per heavy atom. The Morgan fingerprint density at radius 2 is 1.95 bits per heavy atom. The molecule has 0 unspecified atom stereocenters. The molecule has 0 saturated heterocycles. The summed E-state index contributed by atoms with van der Waals surface area (Å²) in [5.41, 5.74) is 1.23. The van der Waals surface area contributed by atoms with Gasteiger partial charge in [-0.2, -0.15) is 0 Å². The molecule has 1 saturated carbocycles. The summed E-state index contributed by atoms with van der Waals surface area (Å²) in [7, 11) is 0. The predicted molar refractivity (Wildman–Crippen MR) is 78.3 cm³/mol. The number of hydrogen-bond donors (Lipinski definition) is 2. The van der Waals surface area contributed by atoms with Crippen molar-refractivity contribution in [2.45, 2.75) is 42.2 Å². The van der Waals surface area contributed by atoms with Gasteiger partial charge in [0, 0.05) is 11.4 Å². The van der Waals surface area contributed by atoms with Gasteiger partial charge in [0.2, 0.25) is 5.91 Å². The number of carbonyl (C=O) groups excluding carboxylic acids is 1. The van der Waals surface area contributed by atoms with Gasteiger partial charge in [0.05, 0.1) is 11.4 Å². The molecule has 19 heavy (non-hydrogen) atoms. The van der Waals surface area contributed by atoms with Gasteiger partial charge in [0.1, 0.15) is 0 Å². The zero-order valence-electron chi connectivity index (χ0n) is 11.3. The van der Waals surface area contributed by atoms with Crippen LogP contribution in [0.3, 0.4) is 0 Å². The number of aliphatic hydroxyl groups is 1. The van der Waals surface area contributed by atoms with Gasteiger partial charge in [-0.25, -0.2) is 0 Å². The van der Waals surface area contributed by atoms with E-state index in [0.29, 0.717) is 6.54 Å². The van der Waals surface area contributed by atoms with E-state index >= 15 is 0 Å². The molecule has 0 bridgehead atoms. The van der Waals surface area contributed by atoms with Crippen molar-refractivity contribution in [3.8, 4) is 0 Å². The summed E-state index contributed by atoms with van der Waals surface area (Å²) in [6, 6.07) is 8.33. The molecule has 104 valence electrons. The van der Waals surface area contributed by atoms with Crippen LogP contribution in [0.4, 0.5) is 0 Å². The molecule has 2 N–H and O–H groups in total. The second-order valence-electron chi connectivity index (χ2n) is 5.10. The highest BCUT2D eigenvalue weighted by atomic mass is 32.2. The van der Waals surface area contributed by atoms with Crippen LogP contribution in [0.25, 0.3) is 0 Å². The summed E-state index contributed by atoms with van der Waals surface area (Å²) in [5, 5.41) is 11.7. The molecule has 0 radical (unpaired) electrons. The number of rotatable bonds is 5. The van der Waals surface area contributed by atoms with E-state index in [1.807, 2.05) is 0 Å². The van der Waals surface area contributed by atoms with Gasteiger partial charge in [0.15, 0.2) is 0 Å². The van der Waals surface area contributed by atoms with Crippen LogP contribution in [-0.4, -0.2) is 28.9 Å². The van der Waals surface area contributed by atoms with E-state index in [2.05, 4.69) is 36.5 Å². The van der Waals surface area contributed by atoms with Crippen molar-refractivity contribution in [2.24, 2.45) is 0 Å². The van der Waals surface area contributed by atoms with Crippen LogP contribution in [0.1, 0.15) is 31.2 Å². The molecule has 1 aromatic carbocycles. The average Bonchev–Trinajstić information content (AvgIpc) is 2.88. The van der Waals surface area contributed by atoms with Gasteiger partial charge >= 0.3 is 0 Å². The van der Waals surface area contributed by atoms with Crippen molar-refractivity contribution in [3.05, 3.63) is 29.8 Å². The van der Waals surface area contributed by atoms with E-state index in [-0.39, 0.29) is 17.3 Å². The van der Waals surface area contributed by atoms with E-state index in [9.17, 15) is 4.79 Å². The van der Waals surface area contributed by atoms with Crippen LogP contribution in [-0.2, 0) is 4.79 Å². The first kappa shape index (κ1) is 14.4. The third-order valence-electron chi connectivity index (χ3n) is 3.56. The first-order chi connectivity index (χ1) is 9.16. The molecule has 0 aromatic heterocycles. The average molecular weight is 279 g/mol. The molecule has 1 amide bonds. The van der Waals surface area contributed by atoms with Crippen LogP contribution < -0.4 is 5.32 Å². The molecular weight excluding hydrogens is 258 g/mol. The first-order valence-corrected chi connectivity index (χ1v) is 7.63.